The van der Waals surface area contributed by atoms with Gasteiger partial charge in [0.1, 0.15) is 0 Å². The summed E-state index contributed by atoms with van der Waals surface area (Å²) in [5.41, 5.74) is 0. The Kier molecular flexibility index (Phi) is 9.36. The van der Waals surface area contributed by atoms with Crippen LogP contribution in [0.15, 0.2) is 12.2 Å². The quantitative estimate of drug-likeness (QED) is 0.305. The van der Waals surface area contributed by atoms with Crippen LogP contribution >= 0.6 is 0 Å². The Morgan fingerprint density at radius 3 is 1.64 bits per heavy atom. The minimum Gasteiger partial charge on any atom is -0.251 e. The highest BCUT2D eigenvalue weighted by Gasteiger charge is 2.34. The van der Waals surface area contributed by atoms with Crippen molar-refractivity contribution in [2.24, 2.45) is 35.5 Å². The average Bonchev–Trinajstić information content (AvgIpc) is 2.77. The molecule has 0 saturated heterocycles. The van der Waals surface area contributed by atoms with Crippen molar-refractivity contribution in [3.63, 3.8) is 0 Å². The molecule has 3 aliphatic rings. The Morgan fingerprint density at radius 1 is 0.679 bits per heavy atom. The van der Waals surface area contributed by atoms with E-state index in [2.05, 4.69) is 18.2 Å². The summed E-state index contributed by atoms with van der Waals surface area (Å²) >= 11 is 0. The van der Waals surface area contributed by atoms with E-state index in [9.17, 15) is 4.39 Å². The minimum atomic E-state index is -0.182. The Balaban J connectivity index is 1.29. The van der Waals surface area contributed by atoms with Crippen LogP contribution in [0.2, 0.25) is 0 Å². The van der Waals surface area contributed by atoms with E-state index in [1.165, 1.54) is 77.0 Å². The molecule has 0 aromatic heterocycles. The summed E-state index contributed by atoms with van der Waals surface area (Å²) in [6.07, 6.45) is 25.3. The van der Waals surface area contributed by atoms with Gasteiger partial charge in [-0.3, -0.25) is 4.39 Å². The molecule has 0 bridgehead atoms. The van der Waals surface area contributed by atoms with Gasteiger partial charge in [-0.25, -0.2) is 0 Å². The van der Waals surface area contributed by atoms with Gasteiger partial charge in [0.15, 0.2) is 0 Å². The number of nitriles is 1. The van der Waals surface area contributed by atoms with E-state index in [1.807, 2.05) is 0 Å². The van der Waals surface area contributed by atoms with Crippen LogP contribution in [-0.2, 0) is 0 Å². The SMILES string of the molecule is N#CC1CCC(C2CCC(C3CCC(CC/C=C/CCCF)CC3)CC2)CC1. The second-order valence-electron chi connectivity index (χ2n) is 10.1. The fraction of sp³-hybridized carbons (Fsp3) is 0.885. The van der Waals surface area contributed by atoms with E-state index in [-0.39, 0.29) is 6.67 Å². The van der Waals surface area contributed by atoms with E-state index in [4.69, 9.17) is 5.26 Å². The highest BCUT2D eigenvalue weighted by atomic mass is 19.1. The molecule has 3 fully saturated rings. The van der Waals surface area contributed by atoms with Crippen molar-refractivity contribution in [3.8, 4) is 6.07 Å². The third-order valence-corrected chi connectivity index (χ3v) is 8.41. The number of unbranched alkanes of at least 4 members (excludes halogenated alkanes) is 1. The summed E-state index contributed by atoms with van der Waals surface area (Å²) < 4.78 is 12.1. The topological polar surface area (TPSA) is 23.8 Å². The maximum Gasteiger partial charge on any atom is 0.0897 e. The molecule has 0 aromatic rings. The molecule has 0 N–H and O–H groups in total. The molecule has 0 aliphatic heterocycles. The summed E-state index contributed by atoms with van der Waals surface area (Å²) in [7, 11) is 0. The molecule has 0 unspecified atom stereocenters. The van der Waals surface area contributed by atoms with Gasteiger partial charge >= 0.3 is 0 Å². The van der Waals surface area contributed by atoms with Crippen LogP contribution in [0.25, 0.3) is 0 Å². The fourth-order valence-electron chi connectivity index (χ4n) is 6.52. The van der Waals surface area contributed by atoms with Crippen LogP contribution in [0.1, 0.15) is 103 Å². The molecule has 0 spiro atoms. The van der Waals surface area contributed by atoms with E-state index in [0.29, 0.717) is 12.3 Å². The first-order chi connectivity index (χ1) is 13.8. The van der Waals surface area contributed by atoms with Crippen LogP contribution in [-0.4, -0.2) is 6.67 Å². The van der Waals surface area contributed by atoms with Gasteiger partial charge in [0.25, 0.3) is 0 Å². The Hall–Kier alpha value is -0.840. The first kappa shape index (κ1) is 21.9. The first-order valence-electron chi connectivity index (χ1n) is 12.4. The largest absolute Gasteiger partial charge is 0.251 e. The fourth-order valence-corrected chi connectivity index (χ4v) is 6.52. The molecule has 0 aromatic carbocycles. The second kappa shape index (κ2) is 12.0. The molecule has 0 radical (unpaired) electrons. The Bertz CT molecular complexity index is 483. The molecule has 28 heavy (non-hydrogen) atoms. The third-order valence-electron chi connectivity index (χ3n) is 8.41. The highest BCUT2D eigenvalue weighted by Crippen LogP contribution is 2.46. The zero-order valence-electron chi connectivity index (χ0n) is 18.0. The summed E-state index contributed by atoms with van der Waals surface area (Å²) in [4.78, 5) is 0. The van der Waals surface area contributed by atoms with Gasteiger partial charge in [0.05, 0.1) is 12.7 Å². The number of hydrogen-bond acceptors (Lipinski definition) is 1. The predicted molar refractivity (Wildman–Crippen MR) is 116 cm³/mol. The zero-order chi connectivity index (χ0) is 19.6. The van der Waals surface area contributed by atoms with Gasteiger partial charge in [-0.15, -0.1) is 0 Å². The summed E-state index contributed by atoms with van der Waals surface area (Å²) in [6.45, 7) is -0.182. The summed E-state index contributed by atoms with van der Waals surface area (Å²) in [5.74, 6) is 5.21. The van der Waals surface area contributed by atoms with Crippen molar-refractivity contribution in [2.75, 3.05) is 6.67 Å². The van der Waals surface area contributed by atoms with Crippen molar-refractivity contribution in [1.82, 2.24) is 0 Å². The lowest BCUT2D eigenvalue weighted by molar-refractivity contribution is 0.108. The molecule has 0 atom stereocenters. The van der Waals surface area contributed by atoms with E-state index in [0.717, 1.165) is 48.9 Å². The molecular weight excluding hydrogens is 345 g/mol. The van der Waals surface area contributed by atoms with Crippen LogP contribution in [0.3, 0.4) is 0 Å². The van der Waals surface area contributed by atoms with Gasteiger partial charge in [0.2, 0.25) is 0 Å². The van der Waals surface area contributed by atoms with Crippen LogP contribution in [0.4, 0.5) is 4.39 Å². The molecule has 3 aliphatic carbocycles. The normalized spacial score (nSPS) is 37.0. The maximum absolute atomic E-state index is 12.1. The van der Waals surface area contributed by atoms with Gasteiger partial charge in [-0.1, -0.05) is 25.0 Å². The smallest absolute Gasteiger partial charge is 0.0897 e. The lowest BCUT2D eigenvalue weighted by atomic mass is 9.65. The lowest BCUT2D eigenvalue weighted by Gasteiger charge is -2.41. The summed E-state index contributed by atoms with van der Waals surface area (Å²) in [6, 6.07) is 2.49. The van der Waals surface area contributed by atoms with Gasteiger partial charge < -0.3 is 0 Å². The van der Waals surface area contributed by atoms with E-state index < -0.39 is 0 Å². The summed E-state index contributed by atoms with van der Waals surface area (Å²) in [5, 5.41) is 9.11. The molecule has 1 nitrogen and oxygen atoms in total. The lowest BCUT2D eigenvalue weighted by Crippen LogP contribution is -2.29. The minimum absolute atomic E-state index is 0.182. The number of alkyl halides is 1. The van der Waals surface area contributed by atoms with Crippen molar-refractivity contribution in [1.29, 1.82) is 5.26 Å². The van der Waals surface area contributed by atoms with Crippen molar-refractivity contribution < 1.29 is 4.39 Å². The third kappa shape index (κ3) is 6.60. The van der Waals surface area contributed by atoms with Crippen molar-refractivity contribution in [3.05, 3.63) is 12.2 Å². The zero-order valence-corrected chi connectivity index (χ0v) is 18.0. The number of rotatable bonds is 8. The number of hydrogen-bond donors (Lipinski definition) is 0. The molecule has 3 saturated carbocycles. The highest BCUT2D eigenvalue weighted by molar-refractivity contribution is 4.91. The number of nitrogens with zero attached hydrogens (tertiary/aromatic N) is 1. The van der Waals surface area contributed by atoms with Crippen LogP contribution < -0.4 is 0 Å². The number of allylic oxidation sites excluding steroid dienone is 2. The average molecular weight is 388 g/mol. The number of halogens is 1. The molecule has 158 valence electrons. The first-order valence-corrected chi connectivity index (χ1v) is 12.4. The predicted octanol–water partition coefficient (Wildman–Crippen LogP) is 8.02. The second-order valence-corrected chi connectivity index (χ2v) is 10.1. The van der Waals surface area contributed by atoms with Gasteiger partial charge in [-0.05, 0) is 119 Å². The monoisotopic (exact) mass is 387 g/mol. The van der Waals surface area contributed by atoms with Gasteiger partial charge in [-0.2, -0.15) is 5.26 Å². The Morgan fingerprint density at radius 2 is 1.14 bits per heavy atom. The van der Waals surface area contributed by atoms with Crippen LogP contribution in [0, 0.1) is 46.8 Å². The van der Waals surface area contributed by atoms with Crippen molar-refractivity contribution in [2.45, 2.75) is 103 Å². The molecule has 0 amide bonds. The van der Waals surface area contributed by atoms with Crippen LogP contribution in [0.5, 0.6) is 0 Å². The standard InChI is InChI=1S/C26H42FN/c27-19-5-3-1-2-4-6-21-7-11-23(12-8-21)25-15-17-26(18-16-25)24-13-9-22(20-28)10-14-24/h1-2,21-26H,3-19H2/b2-1+. The maximum atomic E-state index is 12.1. The van der Waals surface area contributed by atoms with Crippen molar-refractivity contribution >= 4 is 0 Å². The Labute approximate surface area is 173 Å². The molecule has 2 heteroatoms. The molecular formula is C26H42FN. The van der Waals surface area contributed by atoms with E-state index >= 15 is 0 Å². The molecule has 3 rings (SSSR count). The van der Waals surface area contributed by atoms with Gasteiger partial charge in [0, 0.05) is 5.92 Å². The molecule has 0 heterocycles. The van der Waals surface area contributed by atoms with E-state index in [1.54, 1.807) is 0 Å².